The standard InChI is InChI=1S/C19H25NO3/c1-21-14-7-5-13(6-8-14)18-16-3-2-4-17(16)19(18)20-11-15-12-22-9-10-23-15/h5-8,12,16-20H,2-4,9-11H2,1H3/t16?,17?,18-,19-/m1/s1. The van der Waals surface area contributed by atoms with Crippen molar-refractivity contribution < 1.29 is 14.2 Å². The molecule has 0 radical (unpaired) electrons. The van der Waals surface area contributed by atoms with Gasteiger partial charge in [-0.1, -0.05) is 18.6 Å². The topological polar surface area (TPSA) is 39.7 Å². The zero-order chi connectivity index (χ0) is 15.6. The summed E-state index contributed by atoms with van der Waals surface area (Å²) in [5.74, 6) is 4.11. The molecule has 2 unspecified atom stereocenters. The second kappa shape index (κ2) is 6.44. The van der Waals surface area contributed by atoms with Crippen molar-refractivity contribution in [2.45, 2.75) is 31.2 Å². The highest BCUT2D eigenvalue weighted by molar-refractivity contribution is 5.34. The van der Waals surface area contributed by atoms with Crippen LogP contribution in [-0.2, 0) is 9.47 Å². The number of benzene rings is 1. The van der Waals surface area contributed by atoms with Crippen LogP contribution < -0.4 is 10.1 Å². The van der Waals surface area contributed by atoms with E-state index in [1.54, 1.807) is 13.4 Å². The number of hydrogen-bond acceptors (Lipinski definition) is 4. The minimum absolute atomic E-state index is 0.544. The number of ether oxygens (including phenoxy) is 3. The van der Waals surface area contributed by atoms with Crippen LogP contribution in [0.1, 0.15) is 30.7 Å². The first-order valence-corrected chi connectivity index (χ1v) is 8.67. The van der Waals surface area contributed by atoms with Crippen molar-refractivity contribution in [2.24, 2.45) is 11.8 Å². The molecule has 23 heavy (non-hydrogen) atoms. The second-order valence-corrected chi connectivity index (χ2v) is 6.77. The molecule has 1 aromatic carbocycles. The lowest BCUT2D eigenvalue weighted by Crippen LogP contribution is -2.55. The van der Waals surface area contributed by atoms with Crippen molar-refractivity contribution in [3.8, 4) is 5.75 Å². The minimum atomic E-state index is 0.544. The van der Waals surface area contributed by atoms with Gasteiger partial charge in [0, 0.05) is 12.0 Å². The maximum atomic E-state index is 5.64. The molecule has 3 aliphatic rings. The molecule has 2 fully saturated rings. The number of methoxy groups -OCH3 is 1. The minimum Gasteiger partial charge on any atom is -0.497 e. The van der Waals surface area contributed by atoms with Crippen LogP contribution in [-0.4, -0.2) is 32.9 Å². The van der Waals surface area contributed by atoms with Gasteiger partial charge in [0.25, 0.3) is 0 Å². The summed E-state index contributed by atoms with van der Waals surface area (Å²) in [6, 6.07) is 9.16. The van der Waals surface area contributed by atoms with Crippen LogP contribution in [0, 0.1) is 11.8 Å². The van der Waals surface area contributed by atoms with Crippen molar-refractivity contribution in [1.82, 2.24) is 5.32 Å². The molecular weight excluding hydrogens is 290 g/mol. The third-order valence-corrected chi connectivity index (χ3v) is 5.65. The second-order valence-electron chi connectivity index (χ2n) is 6.77. The molecule has 0 spiro atoms. The monoisotopic (exact) mass is 315 g/mol. The summed E-state index contributed by atoms with van der Waals surface area (Å²) < 4.78 is 16.3. The predicted molar refractivity (Wildman–Crippen MR) is 88.3 cm³/mol. The van der Waals surface area contributed by atoms with Crippen LogP contribution in [0.4, 0.5) is 0 Å². The Morgan fingerprint density at radius 1 is 1.13 bits per heavy atom. The smallest absolute Gasteiger partial charge is 0.144 e. The van der Waals surface area contributed by atoms with Gasteiger partial charge in [0.05, 0.1) is 13.7 Å². The number of fused-ring (bicyclic) bond motifs is 1. The average Bonchev–Trinajstić information content (AvgIpc) is 3.00. The van der Waals surface area contributed by atoms with Crippen molar-refractivity contribution >= 4 is 0 Å². The summed E-state index contributed by atoms with van der Waals surface area (Å²) in [5.41, 5.74) is 1.43. The third-order valence-electron chi connectivity index (χ3n) is 5.65. The van der Waals surface area contributed by atoms with E-state index in [0.717, 1.165) is 29.9 Å². The van der Waals surface area contributed by atoms with Gasteiger partial charge in [0.15, 0.2) is 0 Å². The van der Waals surface area contributed by atoms with Gasteiger partial charge in [-0.3, -0.25) is 0 Å². The van der Waals surface area contributed by atoms with Crippen molar-refractivity contribution in [1.29, 1.82) is 0 Å². The van der Waals surface area contributed by atoms with Crippen molar-refractivity contribution in [2.75, 3.05) is 26.9 Å². The van der Waals surface area contributed by atoms with E-state index in [9.17, 15) is 0 Å². The molecule has 0 bridgehead atoms. The summed E-state index contributed by atoms with van der Waals surface area (Å²) in [6.45, 7) is 2.08. The first kappa shape index (κ1) is 14.9. The molecular formula is C19H25NO3. The van der Waals surface area contributed by atoms with E-state index in [0.29, 0.717) is 25.2 Å². The van der Waals surface area contributed by atoms with Gasteiger partial charge in [0.1, 0.15) is 31.0 Å². The first-order valence-electron chi connectivity index (χ1n) is 8.67. The van der Waals surface area contributed by atoms with E-state index in [4.69, 9.17) is 14.2 Å². The predicted octanol–water partition coefficient (Wildman–Crippen LogP) is 3.06. The Balaban J connectivity index is 1.46. The quantitative estimate of drug-likeness (QED) is 0.906. The average molecular weight is 315 g/mol. The van der Waals surface area contributed by atoms with Crippen LogP contribution in [0.2, 0.25) is 0 Å². The first-order chi connectivity index (χ1) is 11.4. The fourth-order valence-corrected chi connectivity index (χ4v) is 4.57. The Labute approximate surface area is 137 Å². The molecule has 0 amide bonds. The van der Waals surface area contributed by atoms with Gasteiger partial charge in [-0.25, -0.2) is 0 Å². The number of rotatable bonds is 5. The van der Waals surface area contributed by atoms with Gasteiger partial charge >= 0.3 is 0 Å². The maximum Gasteiger partial charge on any atom is 0.144 e. The Hall–Kier alpha value is -1.68. The van der Waals surface area contributed by atoms with Gasteiger partial charge in [-0.15, -0.1) is 0 Å². The summed E-state index contributed by atoms with van der Waals surface area (Å²) in [5, 5.41) is 3.73. The normalized spacial score (nSPS) is 32.1. The summed E-state index contributed by atoms with van der Waals surface area (Å²) in [6.07, 6.45) is 5.83. The molecule has 2 saturated carbocycles. The van der Waals surface area contributed by atoms with E-state index in [-0.39, 0.29) is 0 Å². The number of nitrogens with one attached hydrogen (secondary N) is 1. The lowest BCUT2D eigenvalue weighted by molar-refractivity contribution is 0.0654. The highest BCUT2D eigenvalue weighted by atomic mass is 16.6. The third kappa shape index (κ3) is 2.80. The molecule has 124 valence electrons. The maximum absolute atomic E-state index is 5.64. The lowest BCUT2D eigenvalue weighted by Gasteiger charge is -2.50. The number of hydrogen-bond donors (Lipinski definition) is 1. The summed E-state index contributed by atoms with van der Waals surface area (Å²) >= 11 is 0. The lowest BCUT2D eigenvalue weighted by atomic mass is 9.60. The molecule has 2 aliphatic carbocycles. The van der Waals surface area contributed by atoms with Crippen LogP contribution in [0.15, 0.2) is 36.3 Å². The van der Waals surface area contributed by atoms with E-state index in [1.807, 2.05) is 0 Å². The molecule has 1 N–H and O–H groups in total. The van der Waals surface area contributed by atoms with Gasteiger partial charge in [0.2, 0.25) is 0 Å². The molecule has 4 nitrogen and oxygen atoms in total. The van der Waals surface area contributed by atoms with Gasteiger partial charge < -0.3 is 19.5 Å². The van der Waals surface area contributed by atoms with Crippen molar-refractivity contribution in [3.63, 3.8) is 0 Å². The van der Waals surface area contributed by atoms with Gasteiger partial charge in [-0.2, -0.15) is 0 Å². The summed E-state index contributed by atoms with van der Waals surface area (Å²) in [4.78, 5) is 0. The zero-order valence-corrected chi connectivity index (χ0v) is 13.7. The van der Waals surface area contributed by atoms with E-state index in [1.165, 1.54) is 24.8 Å². The van der Waals surface area contributed by atoms with Crippen LogP contribution in [0.3, 0.4) is 0 Å². The molecule has 1 heterocycles. The van der Waals surface area contributed by atoms with Gasteiger partial charge in [-0.05, 0) is 42.4 Å². The molecule has 1 aromatic rings. The van der Waals surface area contributed by atoms with Crippen LogP contribution in [0.25, 0.3) is 0 Å². The summed E-state index contributed by atoms with van der Waals surface area (Å²) in [7, 11) is 1.72. The van der Waals surface area contributed by atoms with Crippen molar-refractivity contribution in [3.05, 3.63) is 41.9 Å². The van der Waals surface area contributed by atoms with E-state index in [2.05, 4.69) is 29.6 Å². The Kier molecular flexibility index (Phi) is 4.17. The molecule has 4 rings (SSSR count). The molecule has 1 aliphatic heterocycles. The zero-order valence-electron chi connectivity index (χ0n) is 13.7. The molecule has 0 saturated heterocycles. The molecule has 4 atom stereocenters. The molecule has 0 aromatic heterocycles. The fraction of sp³-hybridized carbons (Fsp3) is 0.579. The fourth-order valence-electron chi connectivity index (χ4n) is 4.57. The molecule has 4 heteroatoms. The van der Waals surface area contributed by atoms with E-state index >= 15 is 0 Å². The highest BCUT2D eigenvalue weighted by Gasteiger charge is 2.52. The van der Waals surface area contributed by atoms with E-state index < -0.39 is 0 Å². The largest absolute Gasteiger partial charge is 0.497 e. The highest BCUT2D eigenvalue weighted by Crippen LogP contribution is 2.56. The van der Waals surface area contributed by atoms with Crippen LogP contribution >= 0.6 is 0 Å². The Morgan fingerprint density at radius 2 is 1.96 bits per heavy atom. The SMILES string of the molecule is COc1ccc([C@@H]2C3CCCC3[C@H]2NCC2=COCCO2)cc1. The van der Waals surface area contributed by atoms with Crippen LogP contribution in [0.5, 0.6) is 5.75 Å². The Bertz CT molecular complexity index is 568. The Morgan fingerprint density at radius 3 is 2.70 bits per heavy atom.